The predicted molar refractivity (Wildman–Crippen MR) is 51.0 cm³/mol. The third kappa shape index (κ3) is 2.07. The third-order valence-electron chi connectivity index (χ3n) is 2.49. The molecule has 0 spiro atoms. The molecule has 3 nitrogen and oxygen atoms in total. The molecule has 1 aliphatic rings. The van der Waals surface area contributed by atoms with Crippen molar-refractivity contribution in [2.45, 2.75) is 18.6 Å². The molecule has 0 saturated carbocycles. The summed E-state index contributed by atoms with van der Waals surface area (Å²) in [7, 11) is 1.46. The maximum Gasteiger partial charge on any atom is 0.218 e. The zero-order valence-electron chi connectivity index (χ0n) is 8.34. The average Bonchev–Trinajstić information content (AvgIpc) is 2.65. The maximum absolute atomic E-state index is 13.0. The molecule has 5 heteroatoms. The first kappa shape index (κ1) is 10.3. The Bertz CT molecular complexity index is 359. The molecule has 2 atom stereocenters. The third-order valence-corrected chi connectivity index (χ3v) is 2.49. The Morgan fingerprint density at radius 1 is 1.60 bits per heavy atom. The van der Waals surface area contributed by atoms with Crippen molar-refractivity contribution < 1.29 is 13.5 Å². The quantitative estimate of drug-likeness (QED) is 0.812. The van der Waals surface area contributed by atoms with Gasteiger partial charge in [-0.15, -0.1) is 0 Å². The SMILES string of the molecule is COc1ncc(F)cc1[C@H]1C[C@@H](F)CN1. The van der Waals surface area contributed by atoms with Crippen molar-refractivity contribution in [3.8, 4) is 5.88 Å². The number of hydrogen-bond donors (Lipinski definition) is 1. The highest BCUT2D eigenvalue weighted by atomic mass is 19.1. The Hall–Kier alpha value is -1.23. The normalized spacial score (nSPS) is 25.5. The van der Waals surface area contributed by atoms with E-state index in [0.717, 1.165) is 6.20 Å². The molecule has 1 aliphatic heterocycles. The van der Waals surface area contributed by atoms with Gasteiger partial charge >= 0.3 is 0 Å². The number of rotatable bonds is 2. The fourth-order valence-corrected chi connectivity index (χ4v) is 1.79. The van der Waals surface area contributed by atoms with Crippen molar-refractivity contribution >= 4 is 0 Å². The fraction of sp³-hybridized carbons (Fsp3) is 0.500. The molecule has 82 valence electrons. The number of aromatic nitrogens is 1. The van der Waals surface area contributed by atoms with Gasteiger partial charge in [0, 0.05) is 18.2 Å². The number of methoxy groups -OCH3 is 1. The van der Waals surface area contributed by atoms with Gasteiger partial charge in [-0.3, -0.25) is 0 Å². The zero-order valence-corrected chi connectivity index (χ0v) is 8.34. The van der Waals surface area contributed by atoms with Gasteiger partial charge in [0.25, 0.3) is 0 Å². The van der Waals surface area contributed by atoms with E-state index in [1.54, 1.807) is 0 Å². The first-order chi connectivity index (χ1) is 7.20. The fourth-order valence-electron chi connectivity index (χ4n) is 1.79. The Labute approximate surface area is 86.5 Å². The van der Waals surface area contributed by atoms with Gasteiger partial charge in [-0.25, -0.2) is 13.8 Å². The summed E-state index contributed by atoms with van der Waals surface area (Å²) in [5.41, 5.74) is 0.581. The highest BCUT2D eigenvalue weighted by Crippen LogP contribution is 2.30. The molecule has 0 bridgehead atoms. The standard InChI is InChI=1S/C10H12F2N2O/c1-15-10-8(2-6(11)5-14-10)9-3-7(12)4-13-9/h2,5,7,9,13H,3-4H2,1H3/t7-,9-/m1/s1. The van der Waals surface area contributed by atoms with E-state index in [1.807, 2.05) is 0 Å². The molecule has 0 radical (unpaired) electrons. The summed E-state index contributed by atoms with van der Waals surface area (Å²) < 4.78 is 31.0. The van der Waals surface area contributed by atoms with Gasteiger partial charge in [0.05, 0.1) is 13.3 Å². The first-order valence-electron chi connectivity index (χ1n) is 4.77. The molecule has 15 heavy (non-hydrogen) atoms. The van der Waals surface area contributed by atoms with E-state index in [9.17, 15) is 8.78 Å². The van der Waals surface area contributed by atoms with Crippen molar-refractivity contribution in [3.63, 3.8) is 0 Å². The summed E-state index contributed by atoms with van der Waals surface area (Å²) in [5, 5.41) is 2.96. The van der Waals surface area contributed by atoms with Crippen molar-refractivity contribution in [2.24, 2.45) is 0 Å². The van der Waals surface area contributed by atoms with Gasteiger partial charge in [-0.1, -0.05) is 0 Å². The molecule has 1 aromatic heterocycles. The number of nitrogens with one attached hydrogen (secondary N) is 1. The zero-order chi connectivity index (χ0) is 10.8. The Morgan fingerprint density at radius 2 is 2.40 bits per heavy atom. The summed E-state index contributed by atoms with van der Waals surface area (Å²) in [6, 6.07) is 1.12. The second-order valence-electron chi connectivity index (χ2n) is 3.55. The summed E-state index contributed by atoms with van der Waals surface area (Å²) in [5.74, 6) is -0.0853. The van der Waals surface area contributed by atoms with Gasteiger partial charge in [0.15, 0.2) is 0 Å². The van der Waals surface area contributed by atoms with E-state index in [2.05, 4.69) is 10.3 Å². The van der Waals surface area contributed by atoms with E-state index in [4.69, 9.17) is 4.74 Å². The van der Waals surface area contributed by atoms with Gasteiger partial charge in [0.2, 0.25) is 5.88 Å². The summed E-state index contributed by atoms with van der Waals surface area (Å²) in [4.78, 5) is 3.81. The highest BCUT2D eigenvalue weighted by Gasteiger charge is 2.27. The van der Waals surface area contributed by atoms with Crippen LogP contribution in [0.1, 0.15) is 18.0 Å². The van der Waals surface area contributed by atoms with Crippen molar-refractivity contribution in [2.75, 3.05) is 13.7 Å². The maximum atomic E-state index is 13.0. The summed E-state index contributed by atoms with van der Waals surface area (Å²) >= 11 is 0. The van der Waals surface area contributed by atoms with Crippen LogP contribution in [0.15, 0.2) is 12.3 Å². The van der Waals surface area contributed by atoms with Crippen LogP contribution in [-0.2, 0) is 0 Å². The molecular weight excluding hydrogens is 202 g/mol. The minimum Gasteiger partial charge on any atom is -0.481 e. The van der Waals surface area contributed by atoms with Crippen LogP contribution < -0.4 is 10.1 Å². The Morgan fingerprint density at radius 3 is 3.00 bits per heavy atom. The van der Waals surface area contributed by atoms with E-state index < -0.39 is 12.0 Å². The molecule has 0 amide bonds. The number of hydrogen-bond acceptors (Lipinski definition) is 3. The van der Waals surface area contributed by atoms with Gasteiger partial charge in [0.1, 0.15) is 12.0 Å². The Kier molecular flexibility index (Phi) is 2.81. The van der Waals surface area contributed by atoms with Crippen LogP contribution in [0.2, 0.25) is 0 Å². The molecule has 0 unspecified atom stereocenters. The van der Waals surface area contributed by atoms with E-state index in [1.165, 1.54) is 13.2 Å². The van der Waals surface area contributed by atoms with Gasteiger partial charge in [-0.05, 0) is 12.5 Å². The molecule has 0 aromatic carbocycles. The largest absolute Gasteiger partial charge is 0.481 e. The molecule has 1 fully saturated rings. The number of pyridine rings is 1. The molecular formula is C10H12F2N2O. The minimum absolute atomic E-state index is 0.210. The second-order valence-corrected chi connectivity index (χ2v) is 3.55. The lowest BCUT2D eigenvalue weighted by Gasteiger charge is -2.13. The molecule has 1 saturated heterocycles. The van der Waals surface area contributed by atoms with Crippen LogP contribution in [0.4, 0.5) is 8.78 Å². The highest BCUT2D eigenvalue weighted by molar-refractivity contribution is 5.30. The molecule has 1 N–H and O–H groups in total. The smallest absolute Gasteiger partial charge is 0.218 e. The van der Waals surface area contributed by atoms with Crippen molar-refractivity contribution in [1.29, 1.82) is 0 Å². The molecule has 2 rings (SSSR count). The van der Waals surface area contributed by atoms with Crippen LogP contribution in [0.3, 0.4) is 0 Å². The topological polar surface area (TPSA) is 34.1 Å². The lowest BCUT2D eigenvalue weighted by atomic mass is 10.1. The first-order valence-corrected chi connectivity index (χ1v) is 4.77. The predicted octanol–water partition coefficient (Wildman–Crippen LogP) is 1.60. The lowest BCUT2D eigenvalue weighted by Crippen LogP contribution is -2.15. The second kappa shape index (κ2) is 4.10. The van der Waals surface area contributed by atoms with E-state index in [0.29, 0.717) is 24.4 Å². The van der Waals surface area contributed by atoms with E-state index >= 15 is 0 Å². The van der Waals surface area contributed by atoms with Crippen LogP contribution in [0.25, 0.3) is 0 Å². The summed E-state index contributed by atoms with van der Waals surface area (Å²) in [6.45, 7) is 0.296. The number of nitrogens with zero attached hydrogens (tertiary/aromatic N) is 1. The summed E-state index contributed by atoms with van der Waals surface area (Å²) in [6.07, 6.45) is 0.536. The molecule has 1 aromatic rings. The molecule has 2 heterocycles. The lowest BCUT2D eigenvalue weighted by molar-refractivity contribution is 0.352. The molecule has 0 aliphatic carbocycles. The van der Waals surface area contributed by atoms with Crippen molar-refractivity contribution in [1.82, 2.24) is 10.3 Å². The van der Waals surface area contributed by atoms with Gasteiger partial charge in [-0.2, -0.15) is 0 Å². The van der Waals surface area contributed by atoms with Crippen LogP contribution in [-0.4, -0.2) is 24.8 Å². The number of halogens is 2. The Balaban J connectivity index is 2.29. The monoisotopic (exact) mass is 214 g/mol. The van der Waals surface area contributed by atoms with Crippen LogP contribution >= 0.6 is 0 Å². The number of ether oxygens (including phenoxy) is 1. The van der Waals surface area contributed by atoms with Crippen LogP contribution in [0.5, 0.6) is 5.88 Å². The average molecular weight is 214 g/mol. The van der Waals surface area contributed by atoms with Crippen molar-refractivity contribution in [3.05, 3.63) is 23.6 Å². The van der Waals surface area contributed by atoms with E-state index in [-0.39, 0.29) is 6.04 Å². The number of alkyl halides is 1. The minimum atomic E-state index is -0.886. The van der Waals surface area contributed by atoms with Crippen LogP contribution in [0, 0.1) is 5.82 Å². The van der Waals surface area contributed by atoms with Gasteiger partial charge < -0.3 is 10.1 Å².